The fourth-order valence-electron chi connectivity index (χ4n) is 3.22. The first-order valence-electron chi connectivity index (χ1n) is 10.8. The van der Waals surface area contributed by atoms with Crippen LogP contribution in [0.2, 0.25) is 0 Å². The van der Waals surface area contributed by atoms with Gasteiger partial charge in [-0.05, 0) is 32.6 Å². The van der Waals surface area contributed by atoms with Gasteiger partial charge in [-0.2, -0.15) is 0 Å². The molecule has 0 aromatic heterocycles. The molecule has 0 aromatic rings. The van der Waals surface area contributed by atoms with Crippen molar-refractivity contribution in [3.8, 4) is 0 Å². The molecule has 0 saturated carbocycles. The topological polar surface area (TPSA) is 0 Å². The summed E-state index contributed by atoms with van der Waals surface area (Å²) in [5.74, 6) is 0.896. The van der Waals surface area contributed by atoms with E-state index in [4.69, 9.17) is 0 Å². The minimum atomic E-state index is 0.896. The molecule has 0 bridgehead atoms. The van der Waals surface area contributed by atoms with Crippen LogP contribution in [-0.4, -0.2) is 0 Å². The van der Waals surface area contributed by atoms with Crippen molar-refractivity contribution in [2.75, 3.05) is 0 Å². The monoisotopic (exact) mass is 322 g/mol. The van der Waals surface area contributed by atoms with Crippen LogP contribution in [0.5, 0.6) is 0 Å². The van der Waals surface area contributed by atoms with Gasteiger partial charge in [0.1, 0.15) is 0 Å². The van der Waals surface area contributed by atoms with Crippen LogP contribution in [0.25, 0.3) is 0 Å². The predicted octanol–water partition coefficient (Wildman–Crippen LogP) is 8.85. The second-order valence-corrected chi connectivity index (χ2v) is 8.02. The van der Waals surface area contributed by atoms with E-state index in [-0.39, 0.29) is 0 Å². The lowest BCUT2D eigenvalue weighted by Crippen LogP contribution is -1.87. The van der Waals surface area contributed by atoms with Gasteiger partial charge in [0.25, 0.3) is 0 Å². The van der Waals surface area contributed by atoms with Gasteiger partial charge >= 0.3 is 0 Å². The van der Waals surface area contributed by atoms with E-state index in [2.05, 4.69) is 33.8 Å². The van der Waals surface area contributed by atoms with Gasteiger partial charge in [0.15, 0.2) is 0 Å². The third kappa shape index (κ3) is 19.7. The lowest BCUT2D eigenvalue weighted by atomic mass is 10.0. The molecule has 138 valence electrons. The second-order valence-electron chi connectivity index (χ2n) is 8.02. The Kier molecular flexibility index (Phi) is 17.9. The molecule has 0 radical (unpaired) electrons. The lowest BCUT2D eigenvalue weighted by Gasteiger charge is -2.05. The average Bonchev–Trinajstić information content (AvgIpc) is 2.53. The summed E-state index contributed by atoms with van der Waals surface area (Å²) in [5.41, 5.74) is 1.56. The molecule has 0 heterocycles. The van der Waals surface area contributed by atoms with Crippen molar-refractivity contribution in [1.82, 2.24) is 0 Å². The van der Waals surface area contributed by atoms with E-state index in [1.165, 1.54) is 103 Å². The van der Waals surface area contributed by atoms with Crippen molar-refractivity contribution < 1.29 is 0 Å². The zero-order valence-corrected chi connectivity index (χ0v) is 17.0. The van der Waals surface area contributed by atoms with Crippen LogP contribution < -0.4 is 0 Å². The first-order chi connectivity index (χ1) is 11.2. The molecule has 0 N–H and O–H groups in total. The fourth-order valence-corrected chi connectivity index (χ4v) is 3.22. The van der Waals surface area contributed by atoms with Gasteiger partial charge in [-0.3, -0.25) is 0 Å². The summed E-state index contributed by atoms with van der Waals surface area (Å²) in [6, 6.07) is 0. The van der Waals surface area contributed by atoms with E-state index < -0.39 is 0 Å². The Labute approximate surface area is 148 Å². The van der Waals surface area contributed by atoms with Crippen molar-refractivity contribution >= 4 is 0 Å². The highest BCUT2D eigenvalue weighted by atomic mass is 14.0. The van der Waals surface area contributed by atoms with Gasteiger partial charge < -0.3 is 0 Å². The average molecular weight is 323 g/mol. The van der Waals surface area contributed by atoms with Crippen molar-refractivity contribution in [2.45, 2.75) is 130 Å². The maximum atomic E-state index is 2.34. The Morgan fingerprint density at radius 2 is 0.957 bits per heavy atom. The molecule has 0 aliphatic heterocycles. The summed E-state index contributed by atoms with van der Waals surface area (Å²) in [7, 11) is 0. The fraction of sp³-hybridized carbons (Fsp3) is 0.913. The molecule has 0 aliphatic carbocycles. The molecule has 0 aromatic carbocycles. The van der Waals surface area contributed by atoms with Gasteiger partial charge in [-0.15, -0.1) is 0 Å². The molecule has 0 unspecified atom stereocenters. The third-order valence-corrected chi connectivity index (χ3v) is 5.10. The SMILES string of the molecule is CC=C(C)CCCCCCCCCCCCCCCCC(C)C. The van der Waals surface area contributed by atoms with E-state index >= 15 is 0 Å². The zero-order valence-electron chi connectivity index (χ0n) is 17.0. The quantitative estimate of drug-likeness (QED) is 0.185. The van der Waals surface area contributed by atoms with Crippen molar-refractivity contribution in [1.29, 1.82) is 0 Å². The Bertz CT molecular complexity index is 249. The molecule has 0 atom stereocenters. The lowest BCUT2D eigenvalue weighted by molar-refractivity contribution is 0.502. The van der Waals surface area contributed by atoms with Crippen molar-refractivity contribution in [2.24, 2.45) is 5.92 Å². The molecule has 0 heteroatoms. The highest BCUT2D eigenvalue weighted by molar-refractivity contribution is 4.94. The maximum absolute atomic E-state index is 2.34. The van der Waals surface area contributed by atoms with Gasteiger partial charge in [0.2, 0.25) is 0 Å². The number of rotatable bonds is 17. The summed E-state index contributed by atoms with van der Waals surface area (Å²) in [4.78, 5) is 0. The first-order valence-corrected chi connectivity index (χ1v) is 10.8. The number of hydrogen-bond donors (Lipinski definition) is 0. The first kappa shape index (κ1) is 22.7. The molecule has 0 fully saturated rings. The summed E-state index contributed by atoms with van der Waals surface area (Å²) in [6.07, 6.45) is 25.5. The Balaban J connectivity index is 3.03. The summed E-state index contributed by atoms with van der Waals surface area (Å²) in [5, 5.41) is 0. The van der Waals surface area contributed by atoms with E-state index in [1.54, 1.807) is 5.57 Å². The predicted molar refractivity (Wildman–Crippen MR) is 108 cm³/mol. The Hall–Kier alpha value is -0.260. The number of unbranched alkanes of at least 4 members (excludes halogenated alkanes) is 13. The van der Waals surface area contributed by atoms with Crippen LogP contribution >= 0.6 is 0 Å². The Morgan fingerprint density at radius 1 is 0.609 bits per heavy atom. The maximum Gasteiger partial charge on any atom is -0.0323 e. The minimum absolute atomic E-state index is 0.896. The van der Waals surface area contributed by atoms with E-state index in [0.717, 1.165) is 5.92 Å². The second kappa shape index (κ2) is 18.1. The number of hydrogen-bond acceptors (Lipinski definition) is 0. The van der Waals surface area contributed by atoms with Crippen LogP contribution in [-0.2, 0) is 0 Å². The summed E-state index contributed by atoms with van der Waals surface area (Å²) in [6.45, 7) is 9.09. The van der Waals surface area contributed by atoms with Crippen LogP contribution in [0, 0.1) is 5.92 Å². The van der Waals surface area contributed by atoms with E-state index in [0.29, 0.717) is 0 Å². The largest absolute Gasteiger partial charge is 0.0887 e. The van der Waals surface area contributed by atoms with Crippen LogP contribution in [0.15, 0.2) is 11.6 Å². The third-order valence-electron chi connectivity index (χ3n) is 5.10. The molecule has 23 heavy (non-hydrogen) atoms. The molecular formula is C23H46. The van der Waals surface area contributed by atoms with Crippen molar-refractivity contribution in [3.05, 3.63) is 11.6 Å². The van der Waals surface area contributed by atoms with Crippen molar-refractivity contribution in [3.63, 3.8) is 0 Å². The molecular weight excluding hydrogens is 276 g/mol. The van der Waals surface area contributed by atoms with Gasteiger partial charge in [0.05, 0.1) is 0 Å². The van der Waals surface area contributed by atoms with E-state index in [9.17, 15) is 0 Å². The highest BCUT2D eigenvalue weighted by Crippen LogP contribution is 2.15. The van der Waals surface area contributed by atoms with Crippen LogP contribution in [0.3, 0.4) is 0 Å². The van der Waals surface area contributed by atoms with Crippen LogP contribution in [0.1, 0.15) is 130 Å². The van der Waals surface area contributed by atoms with Gasteiger partial charge in [-0.25, -0.2) is 0 Å². The zero-order chi connectivity index (χ0) is 17.2. The summed E-state index contributed by atoms with van der Waals surface area (Å²) < 4.78 is 0. The van der Waals surface area contributed by atoms with E-state index in [1.807, 2.05) is 0 Å². The van der Waals surface area contributed by atoms with Gasteiger partial charge in [0, 0.05) is 0 Å². The molecule has 0 rings (SSSR count). The molecule has 0 amide bonds. The molecule has 0 aliphatic rings. The molecule has 0 nitrogen and oxygen atoms in total. The Morgan fingerprint density at radius 3 is 1.30 bits per heavy atom. The normalized spacial score (nSPS) is 12.3. The standard InChI is InChI=1S/C23H46/c1-5-23(4)21-19-17-15-13-11-9-7-6-8-10-12-14-16-18-20-22(2)3/h5,22H,6-21H2,1-4H3. The molecule has 0 spiro atoms. The number of allylic oxidation sites excluding steroid dienone is 2. The van der Waals surface area contributed by atoms with Crippen LogP contribution in [0.4, 0.5) is 0 Å². The summed E-state index contributed by atoms with van der Waals surface area (Å²) >= 11 is 0. The van der Waals surface area contributed by atoms with Gasteiger partial charge in [-0.1, -0.05) is 115 Å². The molecule has 0 saturated heterocycles. The minimum Gasteiger partial charge on any atom is -0.0887 e. The smallest absolute Gasteiger partial charge is 0.0323 e. The highest BCUT2D eigenvalue weighted by Gasteiger charge is 1.96.